The molecule has 1 aromatic heterocycles. The summed E-state index contributed by atoms with van der Waals surface area (Å²) in [5.74, 6) is -1.19. The summed E-state index contributed by atoms with van der Waals surface area (Å²) in [6.45, 7) is -5.25. The van der Waals surface area contributed by atoms with Gasteiger partial charge in [0.1, 0.15) is 0 Å². The van der Waals surface area contributed by atoms with Crippen LogP contribution in [0, 0.1) is 10.1 Å². The van der Waals surface area contributed by atoms with Gasteiger partial charge in [-0.25, -0.2) is 4.79 Å². The van der Waals surface area contributed by atoms with E-state index in [1.165, 1.54) is 0 Å². The van der Waals surface area contributed by atoms with E-state index in [9.17, 15) is 27.9 Å². The molecule has 0 fully saturated rings. The fourth-order valence-electron chi connectivity index (χ4n) is 1.54. The molecule has 0 amide bonds. The van der Waals surface area contributed by atoms with Crippen molar-refractivity contribution in [2.24, 2.45) is 0 Å². The Labute approximate surface area is 96.8 Å². The van der Waals surface area contributed by atoms with E-state index >= 15 is 0 Å². The summed E-state index contributed by atoms with van der Waals surface area (Å²) in [5.41, 5.74) is -0.772. The molecule has 18 heavy (non-hydrogen) atoms. The number of fused-ring (bicyclic) bond motifs is 1. The van der Waals surface area contributed by atoms with Crippen LogP contribution in [0.5, 0.6) is 0 Å². The molecule has 0 aliphatic rings. The molecular weight excluding hydrogens is 256 g/mol. The first-order valence-corrected chi connectivity index (χ1v) is 4.77. The maximum atomic E-state index is 12.3. The number of aromatic nitrogens is 1. The average Bonchev–Trinajstić information content (AvgIpc) is 2.53. The van der Waals surface area contributed by atoms with E-state index in [0.29, 0.717) is 4.57 Å². The van der Waals surface area contributed by atoms with Crippen LogP contribution in [0.2, 0.25) is 0 Å². The zero-order valence-electron chi connectivity index (χ0n) is 8.68. The minimum Gasteiger partial charge on any atom is -0.448 e. The highest BCUT2D eigenvalue weighted by Crippen LogP contribution is 2.22. The van der Waals surface area contributed by atoms with E-state index < -0.39 is 29.8 Å². The minimum atomic E-state index is -5.25. The highest BCUT2D eigenvalue weighted by molar-refractivity contribution is 6.57. The Morgan fingerprint density at radius 3 is 2.61 bits per heavy atom. The van der Waals surface area contributed by atoms with E-state index in [-0.39, 0.29) is 11.1 Å². The Morgan fingerprint density at radius 1 is 1.39 bits per heavy atom. The van der Waals surface area contributed by atoms with E-state index in [4.69, 9.17) is 0 Å². The Hall–Kier alpha value is -2.26. The second-order valence-corrected chi connectivity index (χ2v) is 3.60. The van der Waals surface area contributed by atoms with Gasteiger partial charge in [0, 0.05) is 12.1 Å². The first-order valence-electron chi connectivity index (χ1n) is 4.77. The number of hydrogen-bond acceptors (Lipinski definition) is 4. The fourth-order valence-corrected chi connectivity index (χ4v) is 1.54. The lowest BCUT2D eigenvalue weighted by atomic mass is 9.92. The summed E-state index contributed by atoms with van der Waals surface area (Å²) < 4.78 is 41.8. The lowest BCUT2D eigenvalue weighted by Crippen LogP contribution is -2.29. The van der Waals surface area contributed by atoms with E-state index in [1.54, 1.807) is 0 Å². The van der Waals surface area contributed by atoms with Gasteiger partial charge in [0.2, 0.25) is 0 Å². The number of hydrogen-bond donors (Lipinski definition) is 0. The number of benzene rings is 1. The number of nitro groups is 1. The third-order valence-corrected chi connectivity index (χ3v) is 2.25. The van der Waals surface area contributed by atoms with Crippen molar-refractivity contribution < 1.29 is 22.3 Å². The minimum absolute atomic E-state index is 0.120. The van der Waals surface area contributed by atoms with E-state index in [2.05, 4.69) is 4.42 Å². The van der Waals surface area contributed by atoms with Gasteiger partial charge in [0.15, 0.2) is 5.58 Å². The van der Waals surface area contributed by atoms with Crippen LogP contribution in [0.3, 0.4) is 0 Å². The molecule has 2 rings (SSSR count). The number of halogens is 3. The molecule has 96 valence electrons. The third kappa shape index (κ3) is 2.22. The van der Waals surface area contributed by atoms with Gasteiger partial charge in [-0.15, -0.1) is 0 Å². The first-order chi connectivity index (χ1) is 8.28. The molecule has 0 N–H and O–H groups in total. The van der Waals surface area contributed by atoms with Crippen molar-refractivity contribution in [3.63, 3.8) is 0 Å². The summed E-state index contributed by atoms with van der Waals surface area (Å²) in [4.78, 5) is 21.0. The highest BCUT2D eigenvalue weighted by atomic mass is 19.4. The molecule has 0 bridgehead atoms. The van der Waals surface area contributed by atoms with Crippen molar-refractivity contribution in [2.45, 2.75) is 6.44 Å². The van der Waals surface area contributed by atoms with Crippen LogP contribution in [-0.4, -0.2) is 16.5 Å². The van der Waals surface area contributed by atoms with Gasteiger partial charge < -0.3 is 21.9 Å². The van der Waals surface area contributed by atoms with E-state index in [1.807, 2.05) is 0 Å². The summed E-state index contributed by atoms with van der Waals surface area (Å²) in [6, 6.07) is 3.02. The second kappa shape index (κ2) is 3.89. The molecule has 0 saturated carbocycles. The number of rotatable bonds is 3. The van der Waals surface area contributed by atoms with Crippen molar-refractivity contribution in [3.05, 3.63) is 38.9 Å². The van der Waals surface area contributed by atoms with Gasteiger partial charge in [-0.05, 0) is 12.5 Å². The molecule has 0 radical (unpaired) electrons. The van der Waals surface area contributed by atoms with Crippen LogP contribution < -0.4 is 5.76 Å². The standard InChI is InChI=1S/C8H5BF3N2O4/c10-9(11,12)4-13-6-3-5(14(16)17)1-2-7(6)18-8(13)15/h1-3H,4H2/q-1. The smallest absolute Gasteiger partial charge is 0.448 e. The molecule has 1 aromatic carbocycles. The maximum absolute atomic E-state index is 12.3. The fraction of sp³-hybridized carbons (Fsp3) is 0.125. The van der Waals surface area contributed by atoms with Gasteiger partial charge in [-0.3, -0.25) is 10.1 Å². The molecule has 6 nitrogen and oxygen atoms in total. The molecule has 10 heteroatoms. The molecular formula is C8H5BF3N2O4-. The van der Waals surface area contributed by atoms with Crippen LogP contribution in [0.25, 0.3) is 11.1 Å². The number of nitrogens with zero attached hydrogens (tertiary/aromatic N) is 2. The van der Waals surface area contributed by atoms with E-state index in [0.717, 1.165) is 18.2 Å². The zero-order chi connectivity index (χ0) is 13.5. The molecule has 0 atom stereocenters. The lowest BCUT2D eigenvalue weighted by molar-refractivity contribution is -0.384. The van der Waals surface area contributed by atoms with Crippen LogP contribution in [-0.2, 0) is 6.44 Å². The van der Waals surface area contributed by atoms with Crippen LogP contribution >= 0.6 is 0 Å². The largest absolute Gasteiger partial charge is 0.497 e. The Balaban J connectivity index is 2.64. The lowest BCUT2D eigenvalue weighted by Gasteiger charge is -2.13. The Bertz CT molecular complexity index is 675. The summed E-state index contributed by atoms with van der Waals surface area (Å²) in [5, 5.41) is 10.5. The van der Waals surface area contributed by atoms with Crippen molar-refractivity contribution in [1.29, 1.82) is 0 Å². The number of nitro benzene ring substituents is 1. The van der Waals surface area contributed by atoms with Crippen LogP contribution in [0.4, 0.5) is 18.6 Å². The Kier molecular flexibility index (Phi) is 2.64. The summed E-state index contributed by atoms with van der Waals surface area (Å²) in [7, 11) is 0. The zero-order valence-corrected chi connectivity index (χ0v) is 8.68. The molecule has 0 aliphatic carbocycles. The van der Waals surface area contributed by atoms with Gasteiger partial charge in [-0.1, -0.05) is 0 Å². The monoisotopic (exact) mass is 261 g/mol. The van der Waals surface area contributed by atoms with Gasteiger partial charge in [0.25, 0.3) is 5.69 Å². The maximum Gasteiger partial charge on any atom is 0.497 e. The van der Waals surface area contributed by atoms with Gasteiger partial charge in [0.05, 0.1) is 10.4 Å². The van der Waals surface area contributed by atoms with Crippen molar-refractivity contribution in [2.75, 3.05) is 0 Å². The van der Waals surface area contributed by atoms with Crippen molar-refractivity contribution in [3.8, 4) is 0 Å². The normalized spacial score (nSPS) is 11.9. The highest BCUT2D eigenvalue weighted by Gasteiger charge is 2.27. The number of oxazole rings is 1. The predicted molar refractivity (Wildman–Crippen MR) is 56.2 cm³/mol. The molecule has 1 heterocycles. The molecule has 0 aliphatic heterocycles. The molecule has 0 unspecified atom stereocenters. The van der Waals surface area contributed by atoms with Crippen molar-refractivity contribution >= 4 is 23.8 Å². The van der Waals surface area contributed by atoms with Gasteiger partial charge >= 0.3 is 12.7 Å². The van der Waals surface area contributed by atoms with Gasteiger partial charge in [-0.2, -0.15) is 0 Å². The first kappa shape index (κ1) is 12.2. The molecule has 0 saturated heterocycles. The van der Waals surface area contributed by atoms with Crippen LogP contribution in [0.15, 0.2) is 27.4 Å². The summed E-state index contributed by atoms with van der Waals surface area (Å²) >= 11 is 0. The number of non-ortho nitro benzene ring substituents is 1. The SMILES string of the molecule is O=c1oc2ccc([N+](=O)[O-])cc2n1C[B-](F)(F)F. The second-order valence-electron chi connectivity index (χ2n) is 3.60. The average molecular weight is 261 g/mol. The molecule has 0 spiro atoms. The van der Waals surface area contributed by atoms with Crippen molar-refractivity contribution in [1.82, 2.24) is 4.57 Å². The summed E-state index contributed by atoms with van der Waals surface area (Å²) in [6.07, 6.45) is -1.49. The predicted octanol–water partition coefficient (Wildman–Crippen LogP) is 1.89. The third-order valence-electron chi connectivity index (χ3n) is 2.25. The quantitative estimate of drug-likeness (QED) is 0.480. The molecule has 2 aromatic rings. The Morgan fingerprint density at radius 2 is 2.06 bits per heavy atom. The van der Waals surface area contributed by atoms with Crippen LogP contribution in [0.1, 0.15) is 0 Å². The topological polar surface area (TPSA) is 78.3 Å².